The molecule has 2 atom stereocenters. The molecule has 1 fully saturated rings. The van der Waals surface area contributed by atoms with Crippen molar-refractivity contribution in [2.45, 2.75) is 41.2 Å². The van der Waals surface area contributed by atoms with Crippen LogP contribution in [0.15, 0.2) is 72.8 Å². The van der Waals surface area contributed by atoms with Crippen LogP contribution in [0.3, 0.4) is 0 Å². The Morgan fingerprint density at radius 1 is 0.781 bits per heavy atom. The van der Waals surface area contributed by atoms with E-state index < -0.39 is 0 Å². The van der Waals surface area contributed by atoms with Crippen LogP contribution >= 0.6 is 0 Å². The molecule has 0 N–H and O–H groups in total. The van der Waals surface area contributed by atoms with Crippen molar-refractivity contribution in [3.63, 3.8) is 0 Å². The Hall–Kier alpha value is -2.42. The van der Waals surface area contributed by atoms with Crippen molar-refractivity contribution >= 4 is 15.0 Å². The number of hydrogen-bond donors (Lipinski definition) is 0. The summed E-state index contributed by atoms with van der Waals surface area (Å²) in [5, 5.41) is 1.34. The van der Waals surface area contributed by atoms with Crippen LogP contribution in [0.2, 0.25) is 5.32 Å². The third-order valence-corrected chi connectivity index (χ3v) is 9.97. The zero-order chi connectivity index (χ0) is 22.4. The number of rotatable bonds is 8. The van der Waals surface area contributed by atoms with Crippen molar-refractivity contribution in [1.29, 1.82) is 0 Å². The Labute approximate surface area is 198 Å². The summed E-state index contributed by atoms with van der Waals surface area (Å²) in [6.07, 6.45) is 4.95. The van der Waals surface area contributed by atoms with Crippen LogP contribution in [-0.2, 0) is 4.31 Å². The summed E-state index contributed by atoms with van der Waals surface area (Å²) in [6, 6.07) is 26.1. The third-order valence-electron chi connectivity index (χ3n) is 6.50. The topological polar surface area (TPSA) is 27.7 Å². The van der Waals surface area contributed by atoms with Gasteiger partial charge in [-0.2, -0.15) is 0 Å². The molecule has 0 radical (unpaired) electrons. The second kappa shape index (κ2) is 10.5. The van der Waals surface area contributed by atoms with Crippen LogP contribution in [0.5, 0.6) is 17.2 Å². The first-order valence-electron chi connectivity index (χ1n) is 11.2. The van der Waals surface area contributed by atoms with E-state index >= 15 is 0 Å². The van der Waals surface area contributed by atoms with Crippen LogP contribution in [0.4, 0.5) is 0 Å². The van der Waals surface area contributed by atoms with Gasteiger partial charge in [0.15, 0.2) is 0 Å². The summed E-state index contributed by atoms with van der Waals surface area (Å²) in [7, 11) is 5.10. The molecule has 1 saturated heterocycles. The Morgan fingerprint density at radius 2 is 1.41 bits per heavy atom. The molecule has 3 nitrogen and oxygen atoms in total. The van der Waals surface area contributed by atoms with E-state index in [4.69, 9.17) is 14.2 Å². The van der Waals surface area contributed by atoms with Crippen molar-refractivity contribution in [3.8, 4) is 17.2 Å². The molecule has 1 aliphatic rings. The molecule has 3 aromatic rings. The van der Waals surface area contributed by atoms with Crippen molar-refractivity contribution in [3.05, 3.63) is 89.5 Å². The van der Waals surface area contributed by atoms with Crippen molar-refractivity contribution in [1.82, 2.24) is 0 Å². The van der Waals surface area contributed by atoms with Crippen LogP contribution in [-0.4, -0.2) is 36.3 Å². The molecule has 0 amide bonds. The first-order valence-corrected chi connectivity index (χ1v) is 13.3. The molecule has 4 heteroatoms. The van der Waals surface area contributed by atoms with Gasteiger partial charge in [-0.25, -0.2) is 0 Å². The van der Waals surface area contributed by atoms with E-state index in [9.17, 15) is 0 Å². The molecule has 1 heterocycles. The number of hydrogen-bond acceptors (Lipinski definition) is 3. The van der Waals surface area contributed by atoms with E-state index in [0.717, 1.165) is 23.5 Å². The summed E-state index contributed by atoms with van der Waals surface area (Å²) < 4.78 is 17.3. The minimum absolute atomic E-state index is 0.200. The maximum atomic E-state index is 5.89. The van der Waals surface area contributed by atoms with Gasteiger partial charge in [0.05, 0.1) is 0 Å². The van der Waals surface area contributed by atoms with Gasteiger partial charge in [-0.05, 0) is 0 Å². The molecular formula is C28H32O3Se. The molecule has 1 aliphatic heterocycles. The Morgan fingerprint density at radius 3 is 2.00 bits per heavy atom. The summed E-state index contributed by atoms with van der Waals surface area (Å²) in [5.41, 5.74) is 3.96. The van der Waals surface area contributed by atoms with Gasteiger partial charge in [0.2, 0.25) is 0 Å². The molecule has 0 saturated carbocycles. The molecule has 0 spiro atoms. The molecule has 168 valence electrons. The van der Waals surface area contributed by atoms with Gasteiger partial charge in [0.1, 0.15) is 0 Å². The quantitative estimate of drug-likeness (QED) is 0.337. The average Bonchev–Trinajstić information content (AvgIpc) is 2.88. The second-order valence-electron chi connectivity index (χ2n) is 8.28. The molecule has 0 aromatic heterocycles. The fourth-order valence-corrected chi connectivity index (χ4v) is 8.24. The second-order valence-corrected chi connectivity index (χ2v) is 11.4. The Kier molecular flexibility index (Phi) is 7.44. The Balaban J connectivity index is 1.85. The van der Waals surface area contributed by atoms with Gasteiger partial charge < -0.3 is 0 Å². The summed E-state index contributed by atoms with van der Waals surface area (Å²) in [6.45, 7) is 0. The van der Waals surface area contributed by atoms with E-state index in [0.29, 0.717) is 20.7 Å². The number of benzene rings is 3. The standard InChI is InChI=1S/C28H32O3Se/c1-29-25-19-27(31-3)26(30-2)18-23(25)24(21-12-6-4-7-13-21)20-28(16-10-11-17-32-28)22-14-8-5-9-15-22/h4-9,12-15,18-19,24H,10-11,16-17,20H2,1-3H3. The fourth-order valence-electron chi connectivity index (χ4n) is 4.85. The van der Waals surface area contributed by atoms with E-state index in [-0.39, 0.29) is 10.2 Å². The average molecular weight is 496 g/mol. The van der Waals surface area contributed by atoms with Gasteiger partial charge in [0, 0.05) is 0 Å². The van der Waals surface area contributed by atoms with Gasteiger partial charge in [-0.1, -0.05) is 0 Å². The zero-order valence-corrected chi connectivity index (χ0v) is 20.9. The molecule has 32 heavy (non-hydrogen) atoms. The first-order chi connectivity index (χ1) is 15.7. The summed E-state index contributed by atoms with van der Waals surface area (Å²) in [5.74, 6) is 2.49. The van der Waals surface area contributed by atoms with Gasteiger partial charge in [-0.15, -0.1) is 0 Å². The van der Waals surface area contributed by atoms with Crippen molar-refractivity contribution in [2.75, 3.05) is 21.3 Å². The van der Waals surface area contributed by atoms with E-state index in [1.165, 1.54) is 35.7 Å². The van der Waals surface area contributed by atoms with Crippen molar-refractivity contribution < 1.29 is 14.2 Å². The van der Waals surface area contributed by atoms with E-state index in [2.05, 4.69) is 66.7 Å². The van der Waals surface area contributed by atoms with Gasteiger partial charge in [0.25, 0.3) is 0 Å². The normalized spacial score (nSPS) is 19.2. The van der Waals surface area contributed by atoms with Crippen LogP contribution in [0, 0.1) is 0 Å². The maximum absolute atomic E-state index is 5.89. The minimum atomic E-state index is 0.200. The molecule has 0 aliphatic carbocycles. The van der Waals surface area contributed by atoms with E-state index in [1.807, 2.05) is 6.07 Å². The van der Waals surface area contributed by atoms with Crippen LogP contribution in [0.1, 0.15) is 48.3 Å². The third kappa shape index (κ3) is 4.67. The van der Waals surface area contributed by atoms with Crippen molar-refractivity contribution in [2.24, 2.45) is 0 Å². The van der Waals surface area contributed by atoms with Crippen LogP contribution < -0.4 is 14.2 Å². The Bertz CT molecular complexity index is 998. The van der Waals surface area contributed by atoms with Gasteiger partial charge in [-0.3, -0.25) is 0 Å². The molecule has 2 unspecified atom stereocenters. The van der Waals surface area contributed by atoms with E-state index in [1.54, 1.807) is 21.3 Å². The molecule has 4 rings (SSSR count). The SMILES string of the molecule is COc1cc(OC)c(C(CC2(c3ccccc3)CCCC[Se]2)c2ccccc2)cc1OC. The fraction of sp³-hybridized carbons (Fsp3) is 0.357. The predicted octanol–water partition coefficient (Wildman–Crippen LogP) is 6.44. The summed E-state index contributed by atoms with van der Waals surface area (Å²) in [4.78, 5) is 0. The zero-order valence-electron chi connectivity index (χ0n) is 19.2. The predicted molar refractivity (Wildman–Crippen MR) is 132 cm³/mol. The number of ether oxygens (including phenoxy) is 3. The molecule has 0 bridgehead atoms. The molecule has 3 aromatic carbocycles. The monoisotopic (exact) mass is 496 g/mol. The number of methoxy groups -OCH3 is 3. The van der Waals surface area contributed by atoms with Gasteiger partial charge >= 0.3 is 198 Å². The first kappa shape index (κ1) is 22.8. The van der Waals surface area contributed by atoms with Crippen LogP contribution in [0.25, 0.3) is 0 Å². The molecular weight excluding hydrogens is 463 g/mol. The summed E-state index contributed by atoms with van der Waals surface area (Å²) >= 11 is 0.545.